The summed E-state index contributed by atoms with van der Waals surface area (Å²) in [5, 5.41) is 7.95. The summed E-state index contributed by atoms with van der Waals surface area (Å²) in [7, 11) is 0. The van der Waals surface area contributed by atoms with E-state index in [4.69, 9.17) is 0 Å². The van der Waals surface area contributed by atoms with Gasteiger partial charge in [-0.05, 0) is 38.8 Å². The topological polar surface area (TPSA) is 46.0 Å². The molecular formula is C17H27N5S. The fraction of sp³-hybridized carbons (Fsp3) is 0.647. The number of aryl methyl sites for hydroxylation is 2. The van der Waals surface area contributed by atoms with Crippen molar-refractivity contribution in [3.63, 3.8) is 0 Å². The van der Waals surface area contributed by atoms with Gasteiger partial charge in [0.15, 0.2) is 0 Å². The fourth-order valence-corrected chi connectivity index (χ4v) is 4.02. The SMILES string of the molecule is CCCn1cc(CN(Cc2scnc2C)C[C@H]2CCNC2)cn1. The Balaban J connectivity index is 1.66. The molecule has 6 heteroatoms. The maximum atomic E-state index is 4.47. The smallest absolute Gasteiger partial charge is 0.0798 e. The second kappa shape index (κ2) is 8.04. The summed E-state index contributed by atoms with van der Waals surface area (Å²) in [5.41, 5.74) is 4.44. The molecule has 0 unspecified atom stereocenters. The molecule has 0 aromatic carbocycles. The molecule has 0 radical (unpaired) electrons. The predicted molar refractivity (Wildman–Crippen MR) is 94.5 cm³/mol. The summed E-state index contributed by atoms with van der Waals surface area (Å²) in [4.78, 5) is 8.35. The van der Waals surface area contributed by atoms with Crippen LogP contribution in [-0.4, -0.2) is 39.3 Å². The van der Waals surface area contributed by atoms with Gasteiger partial charge in [-0.15, -0.1) is 11.3 Å². The van der Waals surface area contributed by atoms with Gasteiger partial charge in [-0.25, -0.2) is 4.98 Å². The van der Waals surface area contributed by atoms with Crippen molar-refractivity contribution in [2.24, 2.45) is 5.92 Å². The summed E-state index contributed by atoms with van der Waals surface area (Å²) >= 11 is 1.77. The largest absolute Gasteiger partial charge is 0.316 e. The highest BCUT2D eigenvalue weighted by Gasteiger charge is 2.20. The molecule has 2 aromatic rings. The molecule has 1 atom stereocenters. The third-order valence-electron chi connectivity index (χ3n) is 4.44. The summed E-state index contributed by atoms with van der Waals surface area (Å²) in [6.07, 6.45) is 6.63. The first kappa shape index (κ1) is 16.6. The lowest BCUT2D eigenvalue weighted by Gasteiger charge is -2.24. The molecular weight excluding hydrogens is 306 g/mol. The maximum absolute atomic E-state index is 4.47. The molecule has 0 spiro atoms. The van der Waals surface area contributed by atoms with Crippen LogP contribution in [-0.2, 0) is 19.6 Å². The lowest BCUT2D eigenvalue weighted by Crippen LogP contribution is -2.29. The molecule has 3 rings (SSSR count). The number of nitrogens with one attached hydrogen (secondary N) is 1. The van der Waals surface area contributed by atoms with Crippen LogP contribution < -0.4 is 5.32 Å². The first-order valence-corrected chi connectivity index (χ1v) is 9.46. The molecule has 126 valence electrons. The average molecular weight is 334 g/mol. The molecule has 1 fully saturated rings. The number of aromatic nitrogens is 3. The van der Waals surface area contributed by atoms with Gasteiger partial charge >= 0.3 is 0 Å². The van der Waals surface area contributed by atoms with Crippen LogP contribution in [0, 0.1) is 12.8 Å². The fourth-order valence-electron chi connectivity index (χ4n) is 3.20. The zero-order valence-electron chi connectivity index (χ0n) is 14.2. The summed E-state index contributed by atoms with van der Waals surface area (Å²) in [5.74, 6) is 0.758. The van der Waals surface area contributed by atoms with Crippen LogP contribution in [0.5, 0.6) is 0 Å². The van der Waals surface area contributed by atoms with Gasteiger partial charge in [0.05, 0.1) is 17.4 Å². The van der Waals surface area contributed by atoms with Gasteiger partial charge in [-0.2, -0.15) is 5.10 Å². The highest BCUT2D eigenvalue weighted by atomic mass is 32.1. The number of hydrogen-bond acceptors (Lipinski definition) is 5. The number of rotatable bonds is 8. The van der Waals surface area contributed by atoms with Gasteiger partial charge < -0.3 is 5.32 Å². The third-order valence-corrected chi connectivity index (χ3v) is 5.36. The maximum Gasteiger partial charge on any atom is 0.0798 e. The highest BCUT2D eigenvalue weighted by Crippen LogP contribution is 2.19. The van der Waals surface area contributed by atoms with E-state index in [-0.39, 0.29) is 0 Å². The normalized spacial score (nSPS) is 18.1. The van der Waals surface area contributed by atoms with E-state index in [1.807, 2.05) is 11.7 Å². The molecule has 23 heavy (non-hydrogen) atoms. The van der Waals surface area contributed by atoms with Crippen LogP contribution in [0.4, 0.5) is 0 Å². The van der Waals surface area contributed by atoms with Gasteiger partial charge in [-0.3, -0.25) is 9.58 Å². The Kier molecular flexibility index (Phi) is 5.80. The van der Waals surface area contributed by atoms with E-state index in [1.165, 1.54) is 22.6 Å². The summed E-state index contributed by atoms with van der Waals surface area (Å²) in [6, 6.07) is 0. The molecule has 1 aliphatic heterocycles. The monoisotopic (exact) mass is 333 g/mol. The van der Waals surface area contributed by atoms with Crippen molar-refractivity contribution in [2.45, 2.75) is 46.3 Å². The van der Waals surface area contributed by atoms with Gasteiger partial charge in [0.25, 0.3) is 0 Å². The highest BCUT2D eigenvalue weighted by molar-refractivity contribution is 7.09. The Morgan fingerprint density at radius 3 is 3.04 bits per heavy atom. The number of hydrogen-bond donors (Lipinski definition) is 1. The zero-order chi connectivity index (χ0) is 16.1. The van der Waals surface area contributed by atoms with Crippen LogP contribution in [0.25, 0.3) is 0 Å². The van der Waals surface area contributed by atoms with E-state index in [1.54, 1.807) is 11.3 Å². The van der Waals surface area contributed by atoms with E-state index in [0.717, 1.165) is 51.6 Å². The molecule has 0 bridgehead atoms. The summed E-state index contributed by atoms with van der Waals surface area (Å²) in [6.45, 7) is 10.7. The number of nitrogens with zero attached hydrogens (tertiary/aromatic N) is 4. The Labute approximate surface area is 142 Å². The lowest BCUT2D eigenvalue weighted by molar-refractivity contribution is 0.222. The average Bonchev–Trinajstić information content (AvgIpc) is 3.25. The van der Waals surface area contributed by atoms with Gasteiger partial charge in [0.2, 0.25) is 0 Å². The first-order chi connectivity index (χ1) is 11.2. The van der Waals surface area contributed by atoms with Crippen molar-refractivity contribution in [1.82, 2.24) is 25.0 Å². The van der Waals surface area contributed by atoms with Crippen molar-refractivity contribution >= 4 is 11.3 Å². The van der Waals surface area contributed by atoms with Crippen molar-refractivity contribution in [3.8, 4) is 0 Å². The van der Waals surface area contributed by atoms with E-state index in [2.05, 4.69) is 45.0 Å². The Bertz CT molecular complexity index is 600. The van der Waals surface area contributed by atoms with Crippen LogP contribution in [0.3, 0.4) is 0 Å². The minimum Gasteiger partial charge on any atom is -0.316 e. The predicted octanol–water partition coefficient (Wildman–Crippen LogP) is 2.67. The van der Waals surface area contributed by atoms with Crippen molar-refractivity contribution < 1.29 is 0 Å². The van der Waals surface area contributed by atoms with Crippen molar-refractivity contribution in [3.05, 3.63) is 34.0 Å². The first-order valence-electron chi connectivity index (χ1n) is 8.58. The molecule has 5 nitrogen and oxygen atoms in total. The molecule has 1 aliphatic rings. The van der Waals surface area contributed by atoms with Crippen LogP contribution in [0.15, 0.2) is 17.9 Å². The molecule has 0 amide bonds. The quantitative estimate of drug-likeness (QED) is 0.807. The van der Waals surface area contributed by atoms with Gasteiger partial charge in [0, 0.05) is 42.8 Å². The molecule has 1 N–H and O–H groups in total. The minimum atomic E-state index is 0.758. The van der Waals surface area contributed by atoms with Crippen LogP contribution in [0.1, 0.15) is 35.9 Å². The third kappa shape index (κ3) is 4.62. The summed E-state index contributed by atoms with van der Waals surface area (Å²) < 4.78 is 2.06. The Morgan fingerprint density at radius 1 is 1.43 bits per heavy atom. The van der Waals surface area contributed by atoms with Crippen LogP contribution in [0.2, 0.25) is 0 Å². The van der Waals surface area contributed by atoms with E-state index < -0.39 is 0 Å². The standard InChI is InChI=1S/C17H27N5S/c1-3-6-22-11-16(8-20-22)10-21(9-15-4-5-18-7-15)12-17-14(2)19-13-23-17/h8,11,13,15,18H,3-7,9-10,12H2,1-2H3/t15-/m0/s1. The van der Waals surface area contributed by atoms with E-state index in [9.17, 15) is 0 Å². The van der Waals surface area contributed by atoms with Gasteiger partial charge in [-0.1, -0.05) is 6.92 Å². The lowest BCUT2D eigenvalue weighted by atomic mass is 10.1. The van der Waals surface area contributed by atoms with Gasteiger partial charge in [0.1, 0.15) is 0 Å². The Hall–Kier alpha value is -1.24. The van der Waals surface area contributed by atoms with Crippen molar-refractivity contribution in [1.29, 1.82) is 0 Å². The van der Waals surface area contributed by atoms with Crippen molar-refractivity contribution in [2.75, 3.05) is 19.6 Å². The Morgan fingerprint density at radius 2 is 2.35 bits per heavy atom. The molecule has 0 aliphatic carbocycles. The zero-order valence-corrected chi connectivity index (χ0v) is 15.0. The second-order valence-electron chi connectivity index (χ2n) is 6.50. The minimum absolute atomic E-state index is 0.758. The molecule has 2 aromatic heterocycles. The molecule has 1 saturated heterocycles. The van der Waals surface area contributed by atoms with E-state index in [0.29, 0.717) is 0 Å². The number of thiazole rings is 1. The van der Waals surface area contributed by atoms with Crippen LogP contribution >= 0.6 is 11.3 Å². The van der Waals surface area contributed by atoms with E-state index >= 15 is 0 Å². The second-order valence-corrected chi connectivity index (χ2v) is 7.44. The molecule has 3 heterocycles. The molecule has 0 saturated carbocycles.